The fourth-order valence-corrected chi connectivity index (χ4v) is 4.32. The number of nitrogens with zero attached hydrogens (tertiary/aromatic N) is 2. The number of para-hydroxylation sites is 2. The number of ether oxygens (including phenoxy) is 1. The van der Waals surface area contributed by atoms with Crippen molar-refractivity contribution in [1.82, 2.24) is 4.90 Å². The second kappa shape index (κ2) is 7.54. The summed E-state index contributed by atoms with van der Waals surface area (Å²) >= 11 is 0. The lowest BCUT2D eigenvalue weighted by atomic mass is 9.97. The Bertz CT molecular complexity index is 1090. The standard InChI is InChI=1S/C23H23N3O5/c1-14-7-6-8-15(2)20(14)24-18(27)13-31-22(30)23-12-11-19(28)26(23)17-10-5-4-9-16(17)21(29)25(23)3/h4-10H,11-13H2,1-3H3,(H,24,27)/t23-/m1/s1. The molecule has 8 heteroatoms. The van der Waals surface area contributed by atoms with Gasteiger partial charge in [0.25, 0.3) is 11.8 Å². The molecule has 2 aromatic rings. The van der Waals surface area contributed by atoms with Crippen molar-refractivity contribution in [1.29, 1.82) is 0 Å². The first-order valence-corrected chi connectivity index (χ1v) is 10.0. The number of fused-ring (bicyclic) bond motifs is 3. The van der Waals surface area contributed by atoms with Crippen molar-refractivity contribution in [3.05, 3.63) is 59.2 Å². The minimum absolute atomic E-state index is 0.0929. The van der Waals surface area contributed by atoms with Gasteiger partial charge in [-0.05, 0) is 37.1 Å². The molecule has 2 aliphatic rings. The fraction of sp³-hybridized carbons (Fsp3) is 0.304. The van der Waals surface area contributed by atoms with E-state index in [0.717, 1.165) is 11.1 Å². The lowest BCUT2D eigenvalue weighted by Crippen LogP contribution is -2.67. The first-order valence-electron chi connectivity index (χ1n) is 10.0. The number of hydrogen-bond donors (Lipinski definition) is 1. The van der Waals surface area contributed by atoms with Gasteiger partial charge in [0, 0.05) is 25.6 Å². The molecule has 0 radical (unpaired) electrons. The molecule has 0 bridgehead atoms. The van der Waals surface area contributed by atoms with Crippen LogP contribution >= 0.6 is 0 Å². The Labute approximate surface area is 179 Å². The highest BCUT2D eigenvalue weighted by molar-refractivity contribution is 6.15. The molecule has 2 aromatic carbocycles. The van der Waals surface area contributed by atoms with E-state index in [1.54, 1.807) is 24.3 Å². The lowest BCUT2D eigenvalue weighted by Gasteiger charge is -2.46. The minimum atomic E-state index is -1.60. The van der Waals surface area contributed by atoms with E-state index >= 15 is 0 Å². The summed E-state index contributed by atoms with van der Waals surface area (Å²) in [6.45, 7) is 3.21. The molecule has 0 unspecified atom stereocenters. The van der Waals surface area contributed by atoms with Crippen LogP contribution in [0.2, 0.25) is 0 Å². The van der Waals surface area contributed by atoms with Crippen LogP contribution in [0.5, 0.6) is 0 Å². The second-order valence-corrected chi connectivity index (χ2v) is 7.82. The number of amides is 3. The third kappa shape index (κ3) is 3.15. The van der Waals surface area contributed by atoms with Crippen LogP contribution in [0.4, 0.5) is 11.4 Å². The minimum Gasteiger partial charge on any atom is -0.452 e. The SMILES string of the molecule is Cc1cccc(C)c1NC(=O)COC(=O)[C@@]12CCC(=O)N1c1ccccc1C(=O)N2C. The van der Waals surface area contributed by atoms with E-state index in [0.29, 0.717) is 16.9 Å². The highest BCUT2D eigenvalue weighted by Gasteiger charge is 2.60. The zero-order valence-corrected chi connectivity index (χ0v) is 17.6. The number of carbonyl (C=O) groups excluding carboxylic acids is 4. The van der Waals surface area contributed by atoms with Crippen molar-refractivity contribution >= 4 is 35.1 Å². The summed E-state index contributed by atoms with van der Waals surface area (Å²) in [7, 11) is 1.47. The Morgan fingerprint density at radius 3 is 2.45 bits per heavy atom. The van der Waals surface area contributed by atoms with E-state index in [-0.39, 0.29) is 24.7 Å². The number of rotatable bonds is 4. The Morgan fingerprint density at radius 1 is 1.06 bits per heavy atom. The fourth-order valence-electron chi connectivity index (χ4n) is 4.32. The van der Waals surface area contributed by atoms with Gasteiger partial charge in [-0.2, -0.15) is 0 Å². The first kappa shape index (κ1) is 20.6. The summed E-state index contributed by atoms with van der Waals surface area (Å²) in [5, 5.41) is 2.76. The lowest BCUT2D eigenvalue weighted by molar-refractivity contribution is -0.158. The smallest absolute Gasteiger partial charge is 0.354 e. The van der Waals surface area contributed by atoms with Crippen LogP contribution in [0.1, 0.15) is 34.3 Å². The molecule has 0 saturated carbocycles. The van der Waals surface area contributed by atoms with Crippen LogP contribution in [-0.4, -0.2) is 47.9 Å². The Balaban J connectivity index is 1.57. The molecule has 8 nitrogen and oxygen atoms in total. The molecular weight excluding hydrogens is 398 g/mol. The van der Waals surface area contributed by atoms with Gasteiger partial charge in [0.15, 0.2) is 6.61 Å². The van der Waals surface area contributed by atoms with Crippen molar-refractivity contribution in [2.75, 3.05) is 23.9 Å². The third-order valence-corrected chi connectivity index (χ3v) is 5.95. The van der Waals surface area contributed by atoms with Crippen molar-refractivity contribution in [3.8, 4) is 0 Å². The molecule has 0 spiro atoms. The van der Waals surface area contributed by atoms with Crippen LogP contribution in [0.15, 0.2) is 42.5 Å². The summed E-state index contributed by atoms with van der Waals surface area (Å²) in [5.41, 5.74) is 1.57. The van der Waals surface area contributed by atoms with E-state index in [1.807, 2.05) is 32.0 Å². The zero-order valence-electron chi connectivity index (χ0n) is 17.6. The average molecular weight is 421 g/mol. The van der Waals surface area contributed by atoms with Crippen LogP contribution in [0.25, 0.3) is 0 Å². The molecule has 0 aliphatic carbocycles. The molecule has 3 amide bonds. The molecule has 1 saturated heterocycles. The van der Waals surface area contributed by atoms with E-state index in [2.05, 4.69) is 5.32 Å². The second-order valence-electron chi connectivity index (χ2n) is 7.82. The maximum atomic E-state index is 13.2. The van der Waals surface area contributed by atoms with Crippen molar-refractivity contribution in [3.63, 3.8) is 0 Å². The van der Waals surface area contributed by atoms with Crippen LogP contribution in [-0.2, 0) is 19.1 Å². The number of esters is 1. The Morgan fingerprint density at radius 2 is 1.74 bits per heavy atom. The maximum absolute atomic E-state index is 13.2. The normalized spacial score (nSPS) is 19.7. The summed E-state index contributed by atoms with van der Waals surface area (Å²) in [5.74, 6) is -1.95. The molecule has 4 rings (SSSR count). The predicted molar refractivity (Wildman–Crippen MR) is 113 cm³/mol. The molecule has 1 atom stereocenters. The predicted octanol–water partition coefficient (Wildman–Crippen LogP) is 2.39. The van der Waals surface area contributed by atoms with E-state index in [1.165, 1.54) is 16.8 Å². The first-order chi connectivity index (χ1) is 14.8. The number of aryl methyl sites for hydroxylation is 2. The molecule has 1 N–H and O–H groups in total. The quantitative estimate of drug-likeness (QED) is 0.765. The van der Waals surface area contributed by atoms with Crippen LogP contribution < -0.4 is 10.2 Å². The number of carbonyl (C=O) groups is 4. The maximum Gasteiger partial charge on any atom is 0.354 e. The zero-order chi connectivity index (χ0) is 22.3. The molecule has 2 aliphatic heterocycles. The van der Waals surface area contributed by atoms with Gasteiger partial charge in [0.2, 0.25) is 11.6 Å². The molecule has 160 valence electrons. The van der Waals surface area contributed by atoms with Crippen molar-refractivity contribution < 1.29 is 23.9 Å². The summed E-state index contributed by atoms with van der Waals surface area (Å²) in [4.78, 5) is 53.9. The van der Waals surface area contributed by atoms with Crippen molar-refractivity contribution in [2.24, 2.45) is 0 Å². The van der Waals surface area contributed by atoms with Gasteiger partial charge in [-0.1, -0.05) is 30.3 Å². The van der Waals surface area contributed by atoms with Gasteiger partial charge in [0.1, 0.15) is 0 Å². The third-order valence-electron chi connectivity index (χ3n) is 5.95. The van der Waals surface area contributed by atoms with Gasteiger partial charge in [0.05, 0.1) is 11.3 Å². The average Bonchev–Trinajstić information content (AvgIpc) is 3.11. The van der Waals surface area contributed by atoms with Crippen LogP contribution in [0.3, 0.4) is 0 Å². The monoisotopic (exact) mass is 421 g/mol. The van der Waals surface area contributed by atoms with Gasteiger partial charge in [-0.25, -0.2) is 4.79 Å². The van der Waals surface area contributed by atoms with Gasteiger partial charge in [-0.15, -0.1) is 0 Å². The molecule has 0 aromatic heterocycles. The summed E-state index contributed by atoms with van der Waals surface area (Å²) < 4.78 is 5.34. The molecule has 31 heavy (non-hydrogen) atoms. The van der Waals surface area contributed by atoms with E-state index in [4.69, 9.17) is 4.74 Å². The number of hydrogen-bond acceptors (Lipinski definition) is 5. The van der Waals surface area contributed by atoms with Crippen LogP contribution in [0, 0.1) is 13.8 Å². The Hall–Kier alpha value is -3.68. The van der Waals surface area contributed by atoms with Crippen molar-refractivity contribution in [2.45, 2.75) is 32.4 Å². The largest absolute Gasteiger partial charge is 0.452 e. The number of anilines is 2. The van der Waals surface area contributed by atoms with Gasteiger partial charge < -0.3 is 15.0 Å². The van der Waals surface area contributed by atoms with Gasteiger partial charge >= 0.3 is 5.97 Å². The highest BCUT2D eigenvalue weighted by Crippen LogP contribution is 2.44. The molecular formula is C23H23N3O5. The van der Waals surface area contributed by atoms with Gasteiger partial charge in [-0.3, -0.25) is 19.3 Å². The van der Waals surface area contributed by atoms with E-state index in [9.17, 15) is 19.2 Å². The molecule has 1 fully saturated rings. The summed E-state index contributed by atoms with van der Waals surface area (Å²) in [6.07, 6.45) is 0.190. The Kier molecular flexibility index (Phi) is 5.00. The number of benzene rings is 2. The topological polar surface area (TPSA) is 96.0 Å². The van der Waals surface area contributed by atoms with E-state index < -0.39 is 24.1 Å². The number of nitrogens with one attached hydrogen (secondary N) is 1. The highest BCUT2D eigenvalue weighted by atomic mass is 16.5. The summed E-state index contributed by atoms with van der Waals surface area (Å²) in [6, 6.07) is 12.3. The molecule has 2 heterocycles. The number of likely N-dealkylation sites (N-methyl/N-ethyl adjacent to an activating group) is 1.